The summed E-state index contributed by atoms with van der Waals surface area (Å²) >= 11 is 0. The fraction of sp³-hybridized carbons (Fsp3) is 0.480. The van der Waals surface area contributed by atoms with Crippen LogP contribution in [0.25, 0.3) is 11.1 Å². The second-order valence-corrected chi connectivity index (χ2v) is 8.53. The fourth-order valence-corrected chi connectivity index (χ4v) is 4.73. The average Bonchev–Trinajstić information content (AvgIpc) is 3.24. The Morgan fingerprint density at radius 1 is 0.857 bits per heavy atom. The number of nitrogens with zero attached hydrogens (tertiary/aromatic N) is 1. The van der Waals surface area contributed by atoms with Gasteiger partial charge in [0.05, 0.1) is 6.42 Å². The van der Waals surface area contributed by atoms with Gasteiger partial charge in [0.1, 0.15) is 0 Å². The molecule has 3 heteroatoms. The van der Waals surface area contributed by atoms with Gasteiger partial charge in [-0.3, -0.25) is 4.79 Å². The molecule has 2 aromatic rings. The monoisotopic (exact) mass is 376 g/mol. The molecule has 1 N–H and O–H groups in total. The number of hydrogen-bond donors (Lipinski definition) is 1. The van der Waals surface area contributed by atoms with Crippen LogP contribution in [-0.4, -0.2) is 36.5 Å². The lowest BCUT2D eigenvalue weighted by atomic mass is 10.0. The van der Waals surface area contributed by atoms with Gasteiger partial charge in [-0.2, -0.15) is 0 Å². The van der Waals surface area contributed by atoms with Crippen LogP contribution in [0.15, 0.2) is 54.6 Å². The van der Waals surface area contributed by atoms with Crippen molar-refractivity contribution in [3.8, 4) is 11.1 Å². The Labute approximate surface area is 169 Å². The van der Waals surface area contributed by atoms with E-state index in [1.807, 2.05) is 6.07 Å². The first kappa shape index (κ1) is 19.2. The van der Waals surface area contributed by atoms with Crippen LogP contribution in [0, 0.1) is 5.92 Å². The third-order valence-corrected chi connectivity index (χ3v) is 6.37. The highest BCUT2D eigenvalue weighted by molar-refractivity contribution is 5.79. The molecule has 28 heavy (non-hydrogen) atoms. The Morgan fingerprint density at radius 2 is 1.50 bits per heavy atom. The Bertz CT molecular complexity index is 742. The fourth-order valence-electron chi connectivity index (χ4n) is 4.73. The van der Waals surface area contributed by atoms with E-state index in [1.54, 1.807) is 0 Å². The number of piperidine rings is 1. The minimum Gasteiger partial charge on any atom is -0.353 e. The molecule has 1 saturated heterocycles. The molecule has 0 unspecified atom stereocenters. The van der Waals surface area contributed by atoms with Gasteiger partial charge in [-0.25, -0.2) is 0 Å². The van der Waals surface area contributed by atoms with Crippen LogP contribution in [0.5, 0.6) is 0 Å². The highest BCUT2D eigenvalue weighted by Gasteiger charge is 2.24. The van der Waals surface area contributed by atoms with E-state index >= 15 is 0 Å². The van der Waals surface area contributed by atoms with Crippen LogP contribution in [0.1, 0.15) is 44.1 Å². The van der Waals surface area contributed by atoms with Crippen molar-refractivity contribution in [2.75, 3.05) is 19.6 Å². The van der Waals surface area contributed by atoms with E-state index in [9.17, 15) is 4.79 Å². The minimum absolute atomic E-state index is 0.154. The maximum absolute atomic E-state index is 12.5. The number of benzene rings is 2. The van der Waals surface area contributed by atoms with Crippen molar-refractivity contribution >= 4 is 5.91 Å². The number of carbonyl (C=O) groups is 1. The van der Waals surface area contributed by atoms with E-state index in [-0.39, 0.29) is 5.91 Å². The normalized spacial score (nSPS) is 19.0. The summed E-state index contributed by atoms with van der Waals surface area (Å²) in [5, 5.41) is 3.26. The molecule has 148 valence electrons. The maximum atomic E-state index is 12.5. The van der Waals surface area contributed by atoms with Crippen molar-refractivity contribution in [2.45, 2.75) is 51.0 Å². The summed E-state index contributed by atoms with van der Waals surface area (Å²) in [5.74, 6) is 1.08. The quantitative estimate of drug-likeness (QED) is 0.795. The van der Waals surface area contributed by atoms with Crippen molar-refractivity contribution < 1.29 is 4.79 Å². The topological polar surface area (TPSA) is 32.3 Å². The lowest BCUT2D eigenvalue weighted by Gasteiger charge is -2.33. The van der Waals surface area contributed by atoms with Gasteiger partial charge in [0.15, 0.2) is 0 Å². The number of carbonyl (C=O) groups excluding carboxylic acids is 1. The van der Waals surface area contributed by atoms with Crippen molar-refractivity contribution in [1.82, 2.24) is 10.2 Å². The van der Waals surface area contributed by atoms with E-state index in [1.165, 1.54) is 43.4 Å². The lowest BCUT2D eigenvalue weighted by Crippen LogP contribution is -2.46. The molecule has 1 heterocycles. The van der Waals surface area contributed by atoms with E-state index < -0.39 is 0 Å². The molecular formula is C25H32N2O. The van der Waals surface area contributed by atoms with E-state index in [2.05, 4.69) is 58.7 Å². The van der Waals surface area contributed by atoms with Crippen LogP contribution in [0.3, 0.4) is 0 Å². The summed E-state index contributed by atoms with van der Waals surface area (Å²) in [7, 11) is 0. The van der Waals surface area contributed by atoms with Gasteiger partial charge < -0.3 is 10.2 Å². The first-order valence-electron chi connectivity index (χ1n) is 10.9. The molecule has 2 fully saturated rings. The standard InChI is InChI=1S/C25H32N2O/c28-25(18-20-10-12-23(13-11-20)22-8-2-1-3-9-22)26-24-14-16-27(17-15-24)19-21-6-4-5-7-21/h1-3,8-13,21,24H,4-7,14-19H2,(H,26,28). The summed E-state index contributed by atoms with van der Waals surface area (Å²) in [4.78, 5) is 15.1. The summed E-state index contributed by atoms with van der Waals surface area (Å²) in [5.41, 5.74) is 3.48. The summed E-state index contributed by atoms with van der Waals surface area (Å²) in [6, 6.07) is 19.1. The van der Waals surface area contributed by atoms with E-state index in [4.69, 9.17) is 0 Å². The highest BCUT2D eigenvalue weighted by atomic mass is 16.1. The zero-order valence-electron chi connectivity index (χ0n) is 16.8. The Kier molecular flexibility index (Phi) is 6.43. The van der Waals surface area contributed by atoms with Crippen LogP contribution < -0.4 is 5.32 Å². The molecule has 0 bridgehead atoms. The molecule has 2 aromatic carbocycles. The molecule has 0 radical (unpaired) electrons. The van der Waals surface area contributed by atoms with Gasteiger partial charge in [-0.05, 0) is 48.3 Å². The van der Waals surface area contributed by atoms with Gasteiger partial charge in [-0.1, -0.05) is 67.4 Å². The van der Waals surface area contributed by atoms with Crippen molar-refractivity contribution in [2.24, 2.45) is 5.92 Å². The largest absolute Gasteiger partial charge is 0.353 e. The van der Waals surface area contributed by atoms with E-state index in [0.29, 0.717) is 12.5 Å². The molecule has 1 saturated carbocycles. The first-order chi connectivity index (χ1) is 13.8. The highest BCUT2D eigenvalue weighted by Crippen LogP contribution is 2.26. The molecule has 2 aliphatic rings. The van der Waals surface area contributed by atoms with Crippen molar-refractivity contribution in [3.63, 3.8) is 0 Å². The van der Waals surface area contributed by atoms with Crippen molar-refractivity contribution in [3.05, 3.63) is 60.2 Å². The Morgan fingerprint density at radius 3 is 2.18 bits per heavy atom. The van der Waals surface area contributed by atoms with Crippen LogP contribution in [-0.2, 0) is 11.2 Å². The predicted octanol–water partition coefficient (Wildman–Crippen LogP) is 4.67. The number of nitrogens with one attached hydrogen (secondary N) is 1. The molecule has 1 amide bonds. The molecule has 4 rings (SSSR count). The molecule has 0 spiro atoms. The molecule has 0 aromatic heterocycles. The Balaban J connectivity index is 1.21. The minimum atomic E-state index is 0.154. The van der Waals surface area contributed by atoms with Crippen molar-refractivity contribution in [1.29, 1.82) is 0 Å². The number of likely N-dealkylation sites (tertiary alicyclic amines) is 1. The number of rotatable bonds is 6. The van der Waals surface area contributed by atoms with Gasteiger partial charge in [0.2, 0.25) is 5.91 Å². The van der Waals surface area contributed by atoms with Gasteiger partial charge in [0.25, 0.3) is 0 Å². The third kappa shape index (κ3) is 5.23. The zero-order chi connectivity index (χ0) is 19.2. The average molecular weight is 377 g/mol. The van der Waals surface area contributed by atoms with Gasteiger partial charge in [-0.15, -0.1) is 0 Å². The second kappa shape index (κ2) is 9.38. The number of amides is 1. The summed E-state index contributed by atoms with van der Waals surface area (Å²) in [6.07, 6.45) is 8.32. The van der Waals surface area contributed by atoms with Crippen LogP contribution in [0.4, 0.5) is 0 Å². The number of hydrogen-bond acceptors (Lipinski definition) is 2. The first-order valence-corrected chi connectivity index (χ1v) is 10.9. The summed E-state index contributed by atoms with van der Waals surface area (Å²) in [6.45, 7) is 3.54. The smallest absolute Gasteiger partial charge is 0.224 e. The third-order valence-electron chi connectivity index (χ3n) is 6.37. The SMILES string of the molecule is O=C(Cc1ccc(-c2ccccc2)cc1)NC1CCN(CC2CCCC2)CC1. The summed E-state index contributed by atoms with van der Waals surface area (Å²) < 4.78 is 0. The predicted molar refractivity (Wildman–Crippen MR) is 115 cm³/mol. The van der Waals surface area contributed by atoms with Gasteiger partial charge >= 0.3 is 0 Å². The molecule has 1 aliphatic heterocycles. The Hall–Kier alpha value is -2.13. The molecular weight excluding hydrogens is 344 g/mol. The van der Waals surface area contributed by atoms with Gasteiger partial charge in [0, 0.05) is 25.7 Å². The molecule has 0 atom stereocenters. The molecule has 1 aliphatic carbocycles. The maximum Gasteiger partial charge on any atom is 0.224 e. The lowest BCUT2D eigenvalue weighted by molar-refractivity contribution is -0.121. The second-order valence-electron chi connectivity index (χ2n) is 8.53. The zero-order valence-corrected chi connectivity index (χ0v) is 16.8. The van der Waals surface area contributed by atoms with E-state index in [0.717, 1.165) is 37.4 Å². The van der Waals surface area contributed by atoms with Crippen LogP contribution in [0.2, 0.25) is 0 Å². The molecule has 3 nitrogen and oxygen atoms in total. The van der Waals surface area contributed by atoms with Crippen LogP contribution >= 0.6 is 0 Å².